The third-order valence-electron chi connectivity index (χ3n) is 2.11. The highest BCUT2D eigenvalue weighted by Crippen LogP contribution is 2.24. The lowest BCUT2D eigenvalue weighted by Gasteiger charge is -2.03. The maximum atomic E-state index is 10.9. The summed E-state index contributed by atoms with van der Waals surface area (Å²) in [6, 6.07) is 5.71. The van der Waals surface area contributed by atoms with Crippen molar-refractivity contribution in [3.05, 3.63) is 40.0 Å². The second-order valence-electron chi connectivity index (χ2n) is 3.16. The van der Waals surface area contributed by atoms with Gasteiger partial charge in [-0.15, -0.1) is 0 Å². The molecule has 0 unspecified atom stereocenters. The monoisotopic (exact) mass is 249 g/mol. The molecule has 0 bridgehead atoms. The number of hydrogen-bond acceptors (Lipinski definition) is 2. The maximum absolute atomic E-state index is 10.9. The first-order chi connectivity index (χ1) is 6.72. The van der Waals surface area contributed by atoms with Crippen LogP contribution < -0.4 is 0 Å². The molecule has 0 radical (unpaired) electrons. The van der Waals surface area contributed by atoms with E-state index in [1.54, 1.807) is 6.20 Å². The molecular formula is C11H8BrNO. The highest BCUT2D eigenvalue weighted by atomic mass is 79.9. The minimum atomic E-state index is 0.665. The molecule has 0 aliphatic carbocycles. The van der Waals surface area contributed by atoms with E-state index in [-0.39, 0.29) is 0 Å². The number of hydrogen-bond donors (Lipinski definition) is 0. The van der Waals surface area contributed by atoms with E-state index in [1.807, 2.05) is 25.1 Å². The van der Waals surface area contributed by atoms with Crippen molar-refractivity contribution in [3.8, 4) is 0 Å². The summed E-state index contributed by atoms with van der Waals surface area (Å²) in [7, 11) is 0. The molecule has 0 N–H and O–H groups in total. The maximum Gasteiger partial charge on any atom is 0.151 e. The van der Waals surface area contributed by atoms with Gasteiger partial charge in [0.2, 0.25) is 0 Å². The molecule has 2 nitrogen and oxygen atoms in total. The molecule has 0 atom stereocenters. The van der Waals surface area contributed by atoms with E-state index in [9.17, 15) is 4.79 Å². The summed E-state index contributed by atoms with van der Waals surface area (Å²) in [4.78, 5) is 15.1. The Hall–Kier alpha value is -1.22. The summed E-state index contributed by atoms with van der Waals surface area (Å²) >= 11 is 3.34. The van der Waals surface area contributed by atoms with Gasteiger partial charge in [0.05, 0.1) is 5.52 Å². The van der Waals surface area contributed by atoms with Crippen LogP contribution in [-0.2, 0) is 0 Å². The third-order valence-corrected chi connectivity index (χ3v) is 2.80. The number of pyridine rings is 1. The summed E-state index contributed by atoms with van der Waals surface area (Å²) in [6.07, 6.45) is 2.65. The van der Waals surface area contributed by atoms with Gasteiger partial charge in [0, 0.05) is 21.6 Å². The number of rotatable bonds is 1. The highest BCUT2D eigenvalue weighted by molar-refractivity contribution is 9.10. The Labute approximate surface area is 90.1 Å². The van der Waals surface area contributed by atoms with Crippen molar-refractivity contribution in [2.24, 2.45) is 0 Å². The molecule has 0 saturated heterocycles. The van der Waals surface area contributed by atoms with Gasteiger partial charge in [0.25, 0.3) is 0 Å². The number of benzene rings is 1. The van der Waals surface area contributed by atoms with E-state index in [2.05, 4.69) is 20.9 Å². The van der Waals surface area contributed by atoms with E-state index in [0.29, 0.717) is 5.56 Å². The van der Waals surface area contributed by atoms with Crippen molar-refractivity contribution >= 4 is 33.1 Å². The Morgan fingerprint density at radius 1 is 1.43 bits per heavy atom. The van der Waals surface area contributed by atoms with Gasteiger partial charge in [0.1, 0.15) is 0 Å². The summed E-state index contributed by atoms with van der Waals surface area (Å²) in [5, 5.41) is 0.898. The van der Waals surface area contributed by atoms with Crippen LogP contribution in [0, 0.1) is 6.92 Å². The predicted octanol–water partition coefficient (Wildman–Crippen LogP) is 3.12. The van der Waals surface area contributed by atoms with Crippen LogP contribution in [0.4, 0.5) is 0 Å². The molecule has 3 heteroatoms. The average Bonchev–Trinajstić information content (AvgIpc) is 2.17. The average molecular weight is 250 g/mol. The molecule has 0 aliphatic heterocycles. The Bertz CT molecular complexity index is 503. The summed E-state index contributed by atoms with van der Waals surface area (Å²) in [6.45, 7) is 1.96. The summed E-state index contributed by atoms with van der Waals surface area (Å²) in [5.74, 6) is 0. The first-order valence-corrected chi connectivity index (χ1v) is 5.01. The van der Waals surface area contributed by atoms with Crippen molar-refractivity contribution < 1.29 is 4.79 Å². The number of carbonyl (C=O) groups is 1. The zero-order valence-corrected chi connectivity index (χ0v) is 9.21. The van der Waals surface area contributed by atoms with Crippen molar-refractivity contribution in [2.45, 2.75) is 6.92 Å². The lowest BCUT2D eigenvalue weighted by molar-refractivity contribution is 0.112. The van der Waals surface area contributed by atoms with Gasteiger partial charge in [-0.25, -0.2) is 0 Å². The molecule has 0 saturated carbocycles. The van der Waals surface area contributed by atoms with Crippen LogP contribution in [0.1, 0.15) is 15.9 Å². The highest BCUT2D eigenvalue weighted by Gasteiger charge is 2.05. The number of halogens is 1. The first-order valence-electron chi connectivity index (χ1n) is 4.22. The lowest BCUT2D eigenvalue weighted by Crippen LogP contribution is -1.88. The number of carbonyl (C=O) groups excluding carboxylic acids is 1. The van der Waals surface area contributed by atoms with Crippen molar-refractivity contribution in [2.75, 3.05) is 0 Å². The molecule has 0 spiro atoms. The number of aromatic nitrogens is 1. The molecule has 2 rings (SSSR count). The molecule has 1 aromatic heterocycles. The van der Waals surface area contributed by atoms with Gasteiger partial charge in [0.15, 0.2) is 6.29 Å². The fourth-order valence-electron chi connectivity index (χ4n) is 1.42. The first kappa shape index (κ1) is 9.34. The Morgan fingerprint density at radius 3 is 2.93 bits per heavy atom. The lowest BCUT2D eigenvalue weighted by atomic mass is 10.1. The van der Waals surface area contributed by atoms with Crippen LogP contribution in [0.25, 0.3) is 10.9 Å². The normalized spacial score (nSPS) is 10.4. The Kier molecular flexibility index (Phi) is 2.33. The van der Waals surface area contributed by atoms with E-state index >= 15 is 0 Å². The zero-order valence-electron chi connectivity index (χ0n) is 7.62. The Balaban J connectivity index is 2.91. The second-order valence-corrected chi connectivity index (χ2v) is 4.01. The largest absolute Gasteiger partial charge is 0.298 e. The number of fused-ring (bicyclic) bond motifs is 1. The molecule has 0 amide bonds. The number of nitrogens with zero attached hydrogens (tertiary/aromatic N) is 1. The quantitative estimate of drug-likeness (QED) is 0.728. The summed E-state index contributed by atoms with van der Waals surface area (Å²) < 4.78 is 0.812. The molecule has 70 valence electrons. The van der Waals surface area contributed by atoms with Gasteiger partial charge in [-0.1, -0.05) is 15.9 Å². The van der Waals surface area contributed by atoms with Crippen molar-refractivity contribution in [1.29, 1.82) is 0 Å². The van der Waals surface area contributed by atoms with Gasteiger partial charge in [-0.05, 0) is 30.7 Å². The fraction of sp³-hybridized carbons (Fsp3) is 0.0909. The molecule has 14 heavy (non-hydrogen) atoms. The van der Waals surface area contributed by atoms with Crippen LogP contribution in [-0.4, -0.2) is 11.3 Å². The van der Waals surface area contributed by atoms with Crippen LogP contribution in [0.15, 0.2) is 28.9 Å². The SMILES string of the molecule is Cc1cnc2ccc(Br)c(C=O)c2c1. The molecule has 0 fully saturated rings. The number of aldehydes is 1. The zero-order chi connectivity index (χ0) is 10.1. The Morgan fingerprint density at radius 2 is 2.21 bits per heavy atom. The smallest absolute Gasteiger partial charge is 0.151 e. The van der Waals surface area contributed by atoms with Crippen molar-refractivity contribution in [3.63, 3.8) is 0 Å². The minimum Gasteiger partial charge on any atom is -0.298 e. The molecule has 1 heterocycles. The van der Waals surface area contributed by atoms with E-state index < -0.39 is 0 Å². The van der Waals surface area contributed by atoms with Gasteiger partial charge >= 0.3 is 0 Å². The van der Waals surface area contributed by atoms with Crippen LogP contribution in [0.3, 0.4) is 0 Å². The molecule has 1 aromatic carbocycles. The summed E-state index contributed by atoms with van der Waals surface area (Å²) in [5.41, 5.74) is 2.57. The molecular weight excluding hydrogens is 242 g/mol. The standard InChI is InChI=1S/C11H8BrNO/c1-7-4-8-9(6-14)10(12)2-3-11(8)13-5-7/h2-6H,1H3. The van der Waals surface area contributed by atoms with Crippen LogP contribution in [0.2, 0.25) is 0 Å². The van der Waals surface area contributed by atoms with Crippen molar-refractivity contribution in [1.82, 2.24) is 4.98 Å². The molecule has 0 aliphatic rings. The van der Waals surface area contributed by atoms with Gasteiger partial charge in [-0.3, -0.25) is 9.78 Å². The predicted molar refractivity (Wildman–Crippen MR) is 59.6 cm³/mol. The topological polar surface area (TPSA) is 30.0 Å². The van der Waals surface area contributed by atoms with Gasteiger partial charge < -0.3 is 0 Å². The molecule has 2 aromatic rings. The fourth-order valence-corrected chi connectivity index (χ4v) is 1.86. The van der Waals surface area contributed by atoms with E-state index in [4.69, 9.17) is 0 Å². The van der Waals surface area contributed by atoms with Crippen LogP contribution in [0.5, 0.6) is 0 Å². The minimum absolute atomic E-state index is 0.665. The second kappa shape index (κ2) is 3.50. The van der Waals surface area contributed by atoms with E-state index in [0.717, 1.165) is 27.2 Å². The number of aryl methyl sites for hydroxylation is 1. The van der Waals surface area contributed by atoms with E-state index in [1.165, 1.54) is 0 Å². The van der Waals surface area contributed by atoms with Crippen LogP contribution >= 0.6 is 15.9 Å². The third kappa shape index (κ3) is 1.44. The van der Waals surface area contributed by atoms with Gasteiger partial charge in [-0.2, -0.15) is 0 Å².